The largest absolute Gasteiger partial charge is 0.481 e. The first-order valence-electron chi connectivity index (χ1n) is 8.84. The van der Waals surface area contributed by atoms with E-state index in [1.807, 2.05) is 48.7 Å². The van der Waals surface area contributed by atoms with E-state index in [1.165, 1.54) is 0 Å². The summed E-state index contributed by atoms with van der Waals surface area (Å²) in [5, 5.41) is 13.6. The topological polar surface area (TPSA) is 75.4 Å². The number of aromatic nitrogens is 2. The first-order chi connectivity index (χ1) is 13.1. The molecule has 0 saturated carbocycles. The molecule has 0 radical (unpaired) electrons. The fourth-order valence-corrected chi connectivity index (χ4v) is 3.65. The van der Waals surface area contributed by atoms with Crippen molar-refractivity contribution in [2.24, 2.45) is 0 Å². The molecule has 1 aromatic heterocycles. The van der Waals surface area contributed by atoms with Crippen LogP contribution in [0.1, 0.15) is 33.9 Å². The highest BCUT2D eigenvalue weighted by molar-refractivity contribution is 5.95. The summed E-state index contributed by atoms with van der Waals surface area (Å²) in [6, 6.07) is 16.3. The van der Waals surface area contributed by atoms with Crippen LogP contribution in [0.4, 0.5) is 0 Å². The molecular formula is C21H19N3O3. The van der Waals surface area contributed by atoms with Gasteiger partial charge in [-0.3, -0.25) is 9.59 Å². The number of hydrogen-bond donors (Lipinski definition) is 1. The normalized spacial score (nSPS) is 16.0. The Bertz CT molecular complexity index is 982. The summed E-state index contributed by atoms with van der Waals surface area (Å²) >= 11 is 0. The summed E-state index contributed by atoms with van der Waals surface area (Å²) in [6.45, 7) is 0.500. The highest BCUT2D eigenvalue weighted by atomic mass is 16.4. The molecule has 0 aliphatic carbocycles. The minimum Gasteiger partial charge on any atom is -0.481 e. The van der Waals surface area contributed by atoms with Crippen LogP contribution in [0.5, 0.6) is 0 Å². The Hall–Kier alpha value is -3.41. The maximum Gasteiger partial charge on any atom is 0.305 e. The van der Waals surface area contributed by atoms with Crippen LogP contribution in [0, 0.1) is 0 Å². The van der Waals surface area contributed by atoms with Crippen LogP contribution in [0.15, 0.2) is 67.0 Å². The summed E-state index contributed by atoms with van der Waals surface area (Å²) in [7, 11) is 0. The van der Waals surface area contributed by atoms with Crippen molar-refractivity contribution in [2.75, 3.05) is 6.54 Å². The Kier molecular flexibility index (Phi) is 4.46. The van der Waals surface area contributed by atoms with E-state index < -0.39 is 12.0 Å². The summed E-state index contributed by atoms with van der Waals surface area (Å²) < 4.78 is 1.69. The molecule has 1 atom stereocenters. The van der Waals surface area contributed by atoms with E-state index in [9.17, 15) is 14.7 Å². The molecular weight excluding hydrogens is 342 g/mol. The molecule has 6 nitrogen and oxygen atoms in total. The van der Waals surface area contributed by atoms with Crippen molar-refractivity contribution in [3.05, 3.63) is 83.7 Å². The predicted molar refractivity (Wildman–Crippen MR) is 99.7 cm³/mol. The van der Waals surface area contributed by atoms with Gasteiger partial charge in [-0.2, -0.15) is 5.10 Å². The fourth-order valence-electron chi connectivity index (χ4n) is 3.65. The average molecular weight is 361 g/mol. The molecule has 4 rings (SSSR count). The first kappa shape index (κ1) is 17.0. The van der Waals surface area contributed by atoms with Gasteiger partial charge in [-0.25, -0.2) is 4.68 Å². The van der Waals surface area contributed by atoms with E-state index in [0.717, 1.165) is 23.2 Å². The van der Waals surface area contributed by atoms with E-state index in [1.54, 1.807) is 27.9 Å². The van der Waals surface area contributed by atoms with Gasteiger partial charge in [-0.15, -0.1) is 0 Å². The second-order valence-corrected chi connectivity index (χ2v) is 6.56. The summed E-state index contributed by atoms with van der Waals surface area (Å²) in [5.41, 5.74) is 3.34. The Morgan fingerprint density at radius 1 is 1.11 bits per heavy atom. The fraction of sp³-hybridized carbons (Fsp3) is 0.190. The molecule has 2 heterocycles. The van der Waals surface area contributed by atoms with Crippen LogP contribution in [0.3, 0.4) is 0 Å². The van der Waals surface area contributed by atoms with E-state index in [4.69, 9.17) is 0 Å². The van der Waals surface area contributed by atoms with Crippen molar-refractivity contribution in [3.63, 3.8) is 0 Å². The lowest BCUT2D eigenvalue weighted by Gasteiger charge is -2.36. The van der Waals surface area contributed by atoms with Gasteiger partial charge in [0, 0.05) is 24.5 Å². The zero-order valence-corrected chi connectivity index (χ0v) is 14.7. The third-order valence-corrected chi connectivity index (χ3v) is 4.90. The van der Waals surface area contributed by atoms with E-state index in [-0.39, 0.29) is 12.3 Å². The molecule has 0 unspecified atom stereocenters. The number of amides is 1. The van der Waals surface area contributed by atoms with Crippen molar-refractivity contribution in [3.8, 4) is 5.69 Å². The number of carboxylic acids is 1. The quantitative estimate of drug-likeness (QED) is 0.775. The number of benzene rings is 2. The maximum absolute atomic E-state index is 13.2. The van der Waals surface area contributed by atoms with E-state index in [2.05, 4.69) is 5.10 Å². The molecule has 0 spiro atoms. The average Bonchev–Trinajstić information content (AvgIpc) is 3.22. The van der Waals surface area contributed by atoms with Gasteiger partial charge in [0.05, 0.1) is 18.2 Å². The third kappa shape index (κ3) is 3.33. The van der Waals surface area contributed by atoms with Crippen LogP contribution in [0.25, 0.3) is 5.69 Å². The number of fused-ring (bicyclic) bond motifs is 1. The molecule has 27 heavy (non-hydrogen) atoms. The van der Waals surface area contributed by atoms with Crippen molar-refractivity contribution in [1.82, 2.24) is 14.7 Å². The van der Waals surface area contributed by atoms with E-state index >= 15 is 0 Å². The van der Waals surface area contributed by atoms with Crippen LogP contribution >= 0.6 is 0 Å². The minimum absolute atomic E-state index is 0.110. The zero-order valence-electron chi connectivity index (χ0n) is 14.7. The number of carboxylic acid groups (broad SMARTS) is 1. The standard InChI is InChI=1S/C21H19N3O3/c25-20(26)14-19-18-8-2-1-5-15(18)9-12-23(19)21(27)16-6-3-7-17(13-16)24-11-4-10-22-24/h1-8,10-11,13,19H,9,12,14H2,(H,25,26)/t19-/m0/s1. The number of aliphatic carboxylic acids is 1. The molecule has 136 valence electrons. The zero-order chi connectivity index (χ0) is 18.8. The van der Waals surface area contributed by atoms with Crippen molar-refractivity contribution >= 4 is 11.9 Å². The highest BCUT2D eigenvalue weighted by Crippen LogP contribution is 2.33. The highest BCUT2D eigenvalue weighted by Gasteiger charge is 2.32. The van der Waals surface area contributed by atoms with Crippen LogP contribution in [-0.4, -0.2) is 38.2 Å². The molecule has 1 aliphatic rings. The van der Waals surface area contributed by atoms with Gasteiger partial charge in [-0.1, -0.05) is 30.3 Å². The molecule has 0 saturated heterocycles. The van der Waals surface area contributed by atoms with Gasteiger partial charge in [0.2, 0.25) is 0 Å². The second kappa shape index (κ2) is 7.07. The van der Waals surface area contributed by atoms with Crippen molar-refractivity contribution < 1.29 is 14.7 Å². The number of nitrogens with zero attached hydrogens (tertiary/aromatic N) is 3. The maximum atomic E-state index is 13.2. The molecule has 0 fully saturated rings. The molecule has 3 aromatic rings. The summed E-state index contributed by atoms with van der Waals surface area (Å²) in [4.78, 5) is 26.3. The van der Waals surface area contributed by atoms with Gasteiger partial charge in [0.1, 0.15) is 0 Å². The van der Waals surface area contributed by atoms with Crippen LogP contribution in [-0.2, 0) is 11.2 Å². The Labute approximate surface area is 156 Å². The Morgan fingerprint density at radius 3 is 2.74 bits per heavy atom. The second-order valence-electron chi connectivity index (χ2n) is 6.56. The van der Waals surface area contributed by atoms with Crippen molar-refractivity contribution in [1.29, 1.82) is 0 Å². The number of carbonyl (C=O) groups is 2. The monoisotopic (exact) mass is 361 g/mol. The smallest absolute Gasteiger partial charge is 0.305 e. The molecule has 1 N–H and O–H groups in total. The van der Waals surface area contributed by atoms with E-state index in [0.29, 0.717) is 12.1 Å². The van der Waals surface area contributed by atoms with Gasteiger partial charge >= 0.3 is 5.97 Å². The first-order valence-corrected chi connectivity index (χ1v) is 8.84. The van der Waals surface area contributed by atoms with Gasteiger partial charge in [-0.05, 0) is 41.8 Å². The van der Waals surface area contributed by atoms with Crippen LogP contribution in [0.2, 0.25) is 0 Å². The number of hydrogen-bond acceptors (Lipinski definition) is 3. The predicted octanol–water partition coefficient (Wildman–Crippen LogP) is 3.09. The van der Waals surface area contributed by atoms with Crippen LogP contribution < -0.4 is 0 Å². The molecule has 1 amide bonds. The lowest BCUT2D eigenvalue weighted by molar-refractivity contribution is -0.138. The minimum atomic E-state index is -0.917. The van der Waals surface area contributed by atoms with Gasteiger partial charge in [0.25, 0.3) is 5.91 Å². The van der Waals surface area contributed by atoms with Crippen molar-refractivity contribution in [2.45, 2.75) is 18.9 Å². The summed E-state index contributed by atoms with van der Waals surface area (Å²) in [5.74, 6) is -1.08. The molecule has 6 heteroatoms. The third-order valence-electron chi connectivity index (χ3n) is 4.90. The number of rotatable bonds is 4. The lowest BCUT2D eigenvalue weighted by Crippen LogP contribution is -2.41. The molecule has 1 aliphatic heterocycles. The van der Waals surface area contributed by atoms with Gasteiger partial charge in [0.15, 0.2) is 0 Å². The Morgan fingerprint density at radius 2 is 1.96 bits per heavy atom. The lowest BCUT2D eigenvalue weighted by atomic mass is 9.90. The molecule has 2 aromatic carbocycles. The van der Waals surface area contributed by atoms with Gasteiger partial charge < -0.3 is 10.0 Å². The SMILES string of the molecule is O=C(O)C[C@H]1c2ccccc2CCN1C(=O)c1cccc(-n2cccn2)c1. The Balaban J connectivity index is 1.68. The molecule has 0 bridgehead atoms. The summed E-state index contributed by atoms with van der Waals surface area (Å²) in [6.07, 6.45) is 4.10. The number of carbonyl (C=O) groups excluding carboxylic acids is 1.